The monoisotopic (exact) mass is 469 g/mol. The summed E-state index contributed by atoms with van der Waals surface area (Å²) in [6.45, 7) is 2.64. The molecular weight excluding hydrogens is 442 g/mol. The molecule has 3 aromatic rings. The molecular formula is C23H27N5O4S. The quantitative estimate of drug-likeness (QED) is 0.323. The first-order valence-corrected chi connectivity index (χ1v) is 11.5. The summed E-state index contributed by atoms with van der Waals surface area (Å²) in [5.74, 6) is 0.816. The van der Waals surface area contributed by atoms with Gasteiger partial charge in [-0.2, -0.15) is 0 Å². The van der Waals surface area contributed by atoms with Crippen LogP contribution in [-0.2, 0) is 11.8 Å². The predicted octanol–water partition coefficient (Wildman–Crippen LogP) is 3.99. The van der Waals surface area contributed by atoms with Gasteiger partial charge in [0.2, 0.25) is 5.91 Å². The van der Waals surface area contributed by atoms with Crippen LogP contribution in [0.15, 0.2) is 53.9 Å². The van der Waals surface area contributed by atoms with Gasteiger partial charge < -0.3 is 24.7 Å². The van der Waals surface area contributed by atoms with Crippen LogP contribution in [0.2, 0.25) is 0 Å². The summed E-state index contributed by atoms with van der Waals surface area (Å²) in [7, 11) is 3.37. The fraction of sp³-hybridized carbons (Fsp3) is 0.304. The number of aryl methyl sites for hydroxylation is 1. The Labute approximate surface area is 196 Å². The van der Waals surface area contributed by atoms with Crippen molar-refractivity contribution in [1.82, 2.24) is 14.8 Å². The minimum absolute atomic E-state index is 0.172. The molecule has 0 spiro atoms. The Kier molecular flexibility index (Phi) is 8.71. The van der Waals surface area contributed by atoms with Gasteiger partial charge in [0.05, 0.1) is 25.2 Å². The van der Waals surface area contributed by atoms with Gasteiger partial charge in [0, 0.05) is 24.4 Å². The maximum Gasteiger partial charge on any atom is 0.255 e. The summed E-state index contributed by atoms with van der Waals surface area (Å²) in [4.78, 5) is 25.2. The van der Waals surface area contributed by atoms with Crippen molar-refractivity contribution in [2.24, 2.45) is 7.05 Å². The average Bonchev–Trinajstić information content (AvgIpc) is 3.23. The number of hydrogen-bond acceptors (Lipinski definition) is 7. The molecule has 33 heavy (non-hydrogen) atoms. The molecule has 0 fully saturated rings. The summed E-state index contributed by atoms with van der Waals surface area (Å²) in [5, 5.41) is 14.1. The Morgan fingerprint density at radius 1 is 1.15 bits per heavy atom. The number of ether oxygens (including phenoxy) is 2. The third kappa shape index (κ3) is 6.98. The lowest BCUT2D eigenvalue weighted by atomic mass is 10.1. The molecule has 0 bridgehead atoms. The van der Waals surface area contributed by atoms with Crippen molar-refractivity contribution in [2.75, 3.05) is 30.1 Å². The summed E-state index contributed by atoms with van der Waals surface area (Å²) in [6, 6.07) is 12.0. The van der Waals surface area contributed by atoms with Gasteiger partial charge in [-0.1, -0.05) is 31.2 Å². The summed E-state index contributed by atoms with van der Waals surface area (Å²) < 4.78 is 12.8. The van der Waals surface area contributed by atoms with Crippen molar-refractivity contribution in [2.45, 2.75) is 24.9 Å². The molecule has 0 saturated carbocycles. The van der Waals surface area contributed by atoms with E-state index in [1.807, 2.05) is 7.05 Å². The highest BCUT2D eigenvalue weighted by molar-refractivity contribution is 7.99. The van der Waals surface area contributed by atoms with E-state index in [2.05, 4.69) is 27.8 Å². The van der Waals surface area contributed by atoms with Gasteiger partial charge in [-0.3, -0.25) is 9.59 Å². The van der Waals surface area contributed by atoms with E-state index >= 15 is 0 Å². The second-order valence-corrected chi connectivity index (χ2v) is 8.10. The largest absolute Gasteiger partial charge is 0.497 e. The van der Waals surface area contributed by atoms with E-state index in [0.29, 0.717) is 40.2 Å². The first kappa shape index (κ1) is 24.1. The Morgan fingerprint density at radius 3 is 2.73 bits per heavy atom. The lowest BCUT2D eigenvalue weighted by Gasteiger charge is -2.14. The highest BCUT2D eigenvalue weighted by Gasteiger charge is 2.13. The molecule has 0 aliphatic heterocycles. The molecule has 0 radical (unpaired) electrons. The number of hydrogen-bond donors (Lipinski definition) is 2. The summed E-state index contributed by atoms with van der Waals surface area (Å²) in [6.07, 6.45) is 3.49. The number of methoxy groups -OCH3 is 1. The number of amides is 2. The number of carbonyl (C=O) groups excluding carboxylic acids is 2. The number of anilines is 2. The first-order valence-electron chi connectivity index (χ1n) is 10.5. The molecule has 3 rings (SSSR count). The number of carbonyl (C=O) groups is 2. The zero-order valence-corrected chi connectivity index (χ0v) is 19.6. The number of unbranched alkanes of at least 4 members (excludes halogenated alkanes) is 1. The van der Waals surface area contributed by atoms with Crippen molar-refractivity contribution >= 4 is 35.0 Å². The van der Waals surface area contributed by atoms with Gasteiger partial charge in [0.1, 0.15) is 17.8 Å². The van der Waals surface area contributed by atoms with Crippen LogP contribution in [-0.4, -0.2) is 46.0 Å². The number of rotatable bonds is 11. The van der Waals surface area contributed by atoms with E-state index in [1.165, 1.54) is 11.8 Å². The molecule has 0 saturated heterocycles. The third-order valence-electron chi connectivity index (χ3n) is 4.60. The standard InChI is InChI=1S/C23H27N5O4S/c1-4-5-11-32-20-10-9-18(31-3)13-19(20)26-22(30)16-7-6-8-17(12-16)25-21(29)14-33-23-27-24-15-28(23)2/h6-10,12-13,15H,4-5,11,14H2,1-3H3,(H,25,29)(H,26,30). The van der Waals surface area contributed by atoms with Gasteiger partial charge in [0.15, 0.2) is 5.16 Å². The van der Waals surface area contributed by atoms with Crippen molar-refractivity contribution in [3.05, 3.63) is 54.4 Å². The molecule has 0 unspecified atom stereocenters. The van der Waals surface area contributed by atoms with Gasteiger partial charge in [-0.15, -0.1) is 10.2 Å². The molecule has 2 N–H and O–H groups in total. The minimum Gasteiger partial charge on any atom is -0.497 e. The summed E-state index contributed by atoms with van der Waals surface area (Å²) in [5.41, 5.74) is 1.44. The first-order chi connectivity index (χ1) is 16.0. The second kappa shape index (κ2) is 11.9. The fourth-order valence-corrected chi connectivity index (χ4v) is 3.54. The van der Waals surface area contributed by atoms with Gasteiger partial charge >= 0.3 is 0 Å². The molecule has 174 valence electrons. The van der Waals surface area contributed by atoms with Crippen LogP contribution in [0.5, 0.6) is 11.5 Å². The molecule has 2 aromatic carbocycles. The molecule has 0 aliphatic rings. The van der Waals surface area contributed by atoms with E-state index in [1.54, 1.807) is 60.5 Å². The van der Waals surface area contributed by atoms with Crippen LogP contribution in [0.1, 0.15) is 30.1 Å². The topological polar surface area (TPSA) is 107 Å². The zero-order valence-electron chi connectivity index (χ0n) is 18.8. The van der Waals surface area contributed by atoms with E-state index in [0.717, 1.165) is 12.8 Å². The number of thioether (sulfide) groups is 1. The average molecular weight is 470 g/mol. The predicted molar refractivity (Wildman–Crippen MR) is 128 cm³/mol. The van der Waals surface area contributed by atoms with Crippen LogP contribution in [0.4, 0.5) is 11.4 Å². The highest BCUT2D eigenvalue weighted by Crippen LogP contribution is 2.30. The third-order valence-corrected chi connectivity index (χ3v) is 5.64. The van der Waals surface area contributed by atoms with Crippen LogP contribution in [0.25, 0.3) is 0 Å². The van der Waals surface area contributed by atoms with E-state index in [-0.39, 0.29) is 17.6 Å². The van der Waals surface area contributed by atoms with Gasteiger partial charge in [-0.25, -0.2) is 0 Å². The highest BCUT2D eigenvalue weighted by atomic mass is 32.2. The Morgan fingerprint density at radius 2 is 2.00 bits per heavy atom. The summed E-state index contributed by atoms with van der Waals surface area (Å²) >= 11 is 1.28. The molecule has 0 atom stereocenters. The van der Waals surface area contributed by atoms with E-state index in [9.17, 15) is 9.59 Å². The van der Waals surface area contributed by atoms with E-state index < -0.39 is 0 Å². The minimum atomic E-state index is -0.326. The van der Waals surface area contributed by atoms with Gasteiger partial charge in [0.25, 0.3) is 5.91 Å². The van der Waals surface area contributed by atoms with Crippen LogP contribution in [0.3, 0.4) is 0 Å². The normalized spacial score (nSPS) is 10.5. The van der Waals surface area contributed by atoms with Crippen LogP contribution in [0, 0.1) is 0 Å². The van der Waals surface area contributed by atoms with Crippen molar-refractivity contribution in [3.8, 4) is 11.5 Å². The molecule has 2 amide bonds. The Hall–Kier alpha value is -3.53. The molecule has 10 heteroatoms. The number of nitrogens with one attached hydrogen (secondary N) is 2. The Balaban J connectivity index is 1.65. The van der Waals surface area contributed by atoms with Crippen LogP contribution < -0.4 is 20.1 Å². The fourth-order valence-electron chi connectivity index (χ4n) is 2.85. The number of benzene rings is 2. The Bertz CT molecular complexity index is 1100. The zero-order chi connectivity index (χ0) is 23.6. The maximum atomic E-state index is 12.9. The van der Waals surface area contributed by atoms with Crippen LogP contribution >= 0.6 is 11.8 Å². The number of nitrogens with zero attached hydrogens (tertiary/aromatic N) is 3. The smallest absolute Gasteiger partial charge is 0.255 e. The lowest BCUT2D eigenvalue weighted by molar-refractivity contribution is -0.113. The van der Waals surface area contributed by atoms with Crippen molar-refractivity contribution < 1.29 is 19.1 Å². The molecule has 0 aliphatic carbocycles. The SMILES string of the molecule is CCCCOc1ccc(OC)cc1NC(=O)c1cccc(NC(=O)CSc2nncn2C)c1. The molecule has 9 nitrogen and oxygen atoms in total. The maximum absolute atomic E-state index is 12.9. The van der Waals surface area contributed by atoms with Gasteiger partial charge in [-0.05, 0) is 36.8 Å². The van der Waals surface area contributed by atoms with E-state index in [4.69, 9.17) is 9.47 Å². The van der Waals surface area contributed by atoms with Crippen molar-refractivity contribution in [1.29, 1.82) is 0 Å². The second-order valence-electron chi connectivity index (χ2n) is 7.16. The number of aromatic nitrogens is 3. The molecule has 1 aromatic heterocycles. The van der Waals surface area contributed by atoms with Crippen molar-refractivity contribution in [3.63, 3.8) is 0 Å². The lowest BCUT2D eigenvalue weighted by Crippen LogP contribution is -2.16. The molecule has 1 heterocycles.